The van der Waals surface area contributed by atoms with E-state index in [0.717, 1.165) is 61.6 Å². The van der Waals surface area contributed by atoms with Crippen molar-refractivity contribution in [2.75, 3.05) is 0 Å². The molecule has 0 saturated heterocycles. The van der Waals surface area contributed by atoms with Gasteiger partial charge in [-0.15, -0.1) is 11.3 Å². The Morgan fingerprint density at radius 2 is 1.34 bits per heavy atom. The van der Waals surface area contributed by atoms with Crippen molar-refractivity contribution in [2.24, 2.45) is 0 Å². The highest BCUT2D eigenvalue weighted by Gasteiger charge is 2.37. The number of hydrogen-bond donors (Lipinski definition) is 0. The zero-order chi connectivity index (χ0) is 40.6. The van der Waals surface area contributed by atoms with Gasteiger partial charge in [-0.1, -0.05) is 125 Å². The van der Waals surface area contributed by atoms with Gasteiger partial charge in [0.15, 0.2) is 17.5 Å². The first kappa shape index (κ1) is 38.1. The van der Waals surface area contributed by atoms with E-state index in [1.165, 1.54) is 27.0 Å². The second-order valence-electron chi connectivity index (χ2n) is 14.9. The maximum Gasteiger partial charge on any atom is 0.164 e. The van der Waals surface area contributed by atoms with E-state index in [1.54, 1.807) is 11.3 Å². The Bertz CT molecular complexity index is 2820. The minimum atomic E-state index is -0.159. The fourth-order valence-corrected chi connectivity index (χ4v) is 8.86. The van der Waals surface area contributed by atoms with Gasteiger partial charge in [-0.25, -0.2) is 19.9 Å². The molecular weight excluding hydrogens is 727 g/mol. The first-order chi connectivity index (χ1) is 28.2. The molecule has 284 valence electrons. The lowest BCUT2D eigenvalue weighted by molar-refractivity contribution is 0.660. The summed E-state index contributed by atoms with van der Waals surface area (Å²) in [4.78, 5) is 19.6. The molecular formula is C52H45N5S. The zero-order valence-corrected chi connectivity index (χ0v) is 34.4. The molecule has 0 bridgehead atoms. The van der Waals surface area contributed by atoms with Crippen molar-refractivity contribution < 1.29 is 0 Å². The summed E-state index contributed by atoms with van der Waals surface area (Å²) in [5.41, 5.74) is 17.8. The van der Waals surface area contributed by atoms with Crippen LogP contribution in [-0.4, -0.2) is 24.5 Å². The molecule has 1 aliphatic rings. The second-order valence-corrected chi connectivity index (χ2v) is 15.8. The van der Waals surface area contributed by atoms with Crippen LogP contribution in [0.3, 0.4) is 0 Å². The molecule has 0 saturated carbocycles. The summed E-state index contributed by atoms with van der Waals surface area (Å²) in [5, 5.41) is 0. The van der Waals surface area contributed by atoms with E-state index < -0.39 is 0 Å². The Morgan fingerprint density at radius 3 is 1.93 bits per heavy atom. The number of allylic oxidation sites excluding steroid dienone is 7. The molecule has 3 aromatic heterocycles. The van der Waals surface area contributed by atoms with Crippen molar-refractivity contribution in [1.29, 1.82) is 0 Å². The first-order valence-electron chi connectivity index (χ1n) is 19.4. The number of rotatable bonds is 11. The van der Waals surface area contributed by atoms with Crippen LogP contribution < -0.4 is 0 Å². The topological polar surface area (TPSA) is 56.5 Å². The summed E-state index contributed by atoms with van der Waals surface area (Å²) in [6, 6.07) is 31.4. The fourth-order valence-electron chi connectivity index (χ4n) is 8.01. The van der Waals surface area contributed by atoms with Crippen molar-refractivity contribution in [2.45, 2.75) is 40.0 Å². The fraction of sp³-hybridized carbons (Fsp3) is 0.115. The normalized spacial score (nSPS) is 13.8. The Labute approximate surface area is 345 Å². The molecule has 6 heteroatoms. The third kappa shape index (κ3) is 6.65. The summed E-state index contributed by atoms with van der Waals surface area (Å²) in [5.74, 6) is 1.82. The Hall–Kier alpha value is -6.76. The summed E-state index contributed by atoms with van der Waals surface area (Å²) in [6.07, 6.45) is 16.2. The number of thiazole rings is 1. The molecule has 0 atom stereocenters. The third-order valence-electron chi connectivity index (χ3n) is 11.0. The van der Waals surface area contributed by atoms with Crippen LogP contribution in [0.5, 0.6) is 0 Å². The van der Waals surface area contributed by atoms with Crippen LogP contribution in [0.2, 0.25) is 0 Å². The standard InChI is InChI=1S/C52H45N5S/c1-9-13-24-38(10-2)57-45(11-3)40(29-33(5)37-25-26-39-43(31-37)52(7,8)42-27-28-44-48(47(39)42)58-32-53-44)41(46(57)12-4)30-34(6)49-54-50(35-20-16-14-17-21-35)56-51(55-49)36-22-18-15-19-23-36/h9-32H,2-4H2,1,5-8H3/b13-9-,33-29+,34-30+,38-24+. The summed E-state index contributed by atoms with van der Waals surface area (Å²) >= 11 is 1.72. The second kappa shape index (κ2) is 15.6. The van der Waals surface area contributed by atoms with E-state index in [4.69, 9.17) is 15.0 Å². The number of nitrogens with zero attached hydrogens (tertiary/aromatic N) is 5. The van der Waals surface area contributed by atoms with Gasteiger partial charge in [0.1, 0.15) is 0 Å². The third-order valence-corrected chi connectivity index (χ3v) is 11.9. The molecule has 0 unspecified atom stereocenters. The van der Waals surface area contributed by atoms with Gasteiger partial charge >= 0.3 is 0 Å². The van der Waals surface area contributed by atoms with E-state index in [0.29, 0.717) is 17.5 Å². The minimum absolute atomic E-state index is 0.159. The number of hydrogen-bond acceptors (Lipinski definition) is 5. The first-order valence-corrected chi connectivity index (χ1v) is 20.3. The lowest BCUT2D eigenvalue weighted by Gasteiger charge is -2.22. The highest BCUT2D eigenvalue weighted by atomic mass is 32.1. The minimum Gasteiger partial charge on any atom is -0.309 e. The van der Waals surface area contributed by atoms with Gasteiger partial charge in [0.25, 0.3) is 0 Å². The number of aromatic nitrogens is 5. The van der Waals surface area contributed by atoms with E-state index in [2.05, 4.69) is 106 Å². The smallest absolute Gasteiger partial charge is 0.164 e. The van der Waals surface area contributed by atoms with Gasteiger partial charge in [0.2, 0.25) is 0 Å². The lowest BCUT2D eigenvalue weighted by Crippen LogP contribution is -2.15. The Kier molecular flexibility index (Phi) is 10.3. The van der Waals surface area contributed by atoms with Crippen LogP contribution in [0.4, 0.5) is 0 Å². The highest BCUT2D eigenvalue weighted by molar-refractivity contribution is 7.17. The van der Waals surface area contributed by atoms with Crippen LogP contribution in [0.15, 0.2) is 141 Å². The van der Waals surface area contributed by atoms with Crippen LogP contribution in [-0.2, 0) is 5.41 Å². The molecule has 0 aliphatic heterocycles. The van der Waals surface area contributed by atoms with Gasteiger partial charge in [-0.2, -0.15) is 0 Å². The molecule has 0 radical (unpaired) electrons. The molecule has 8 rings (SSSR count). The van der Waals surface area contributed by atoms with Crippen molar-refractivity contribution >= 4 is 62.7 Å². The zero-order valence-electron chi connectivity index (χ0n) is 33.6. The molecule has 3 heterocycles. The van der Waals surface area contributed by atoms with Crippen molar-refractivity contribution in [3.8, 4) is 33.9 Å². The SMILES string of the molecule is C=C/C(=C\C=C/C)n1c(C=C)c(/C=C(\C)c2ccc3c(c2)C(C)(C)c2ccc4ncsc4c2-3)c(/C=C(\C)c2nc(-c3ccccc3)nc(-c3ccccc3)n2)c1C=C. The van der Waals surface area contributed by atoms with Crippen molar-refractivity contribution in [3.63, 3.8) is 0 Å². The molecule has 7 aromatic rings. The monoisotopic (exact) mass is 771 g/mol. The Balaban J connectivity index is 1.32. The molecule has 0 amide bonds. The van der Waals surface area contributed by atoms with E-state index in [-0.39, 0.29) is 5.41 Å². The van der Waals surface area contributed by atoms with Crippen LogP contribution >= 0.6 is 11.3 Å². The van der Waals surface area contributed by atoms with E-state index >= 15 is 0 Å². The van der Waals surface area contributed by atoms with Gasteiger partial charge in [-0.05, 0) is 103 Å². The maximum absolute atomic E-state index is 5.04. The Morgan fingerprint density at radius 1 is 0.724 bits per heavy atom. The van der Waals surface area contributed by atoms with Gasteiger partial charge in [0, 0.05) is 38.9 Å². The van der Waals surface area contributed by atoms with Crippen LogP contribution in [0.1, 0.15) is 79.6 Å². The van der Waals surface area contributed by atoms with Crippen LogP contribution in [0.25, 0.3) is 85.3 Å². The molecule has 5 nitrogen and oxygen atoms in total. The highest BCUT2D eigenvalue weighted by Crippen LogP contribution is 2.52. The average Bonchev–Trinajstić information content (AvgIpc) is 3.92. The maximum atomic E-state index is 5.04. The molecule has 1 aliphatic carbocycles. The largest absolute Gasteiger partial charge is 0.309 e. The van der Waals surface area contributed by atoms with Gasteiger partial charge in [-0.3, -0.25) is 0 Å². The average molecular weight is 772 g/mol. The number of benzene rings is 4. The lowest BCUT2D eigenvalue weighted by atomic mass is 9.81. The van der Waals surface area contributed by atoms with Crippen molar-refractivity contribution in [3.05, 3.63) is 186 Å². The molecule has 4 aromatic carbocycles. The van der Waals surface area contributed by atoms with Gasteiger partial charge in [0.05, 0.1) is 27.1 Å². The summed E-state index contributed by atoms with van der Waals surface area (Å²) < 4.78 is 3.42. The van der Waals surface area contributed by atoms with E-state index in [9.17, 15) is 0 Å². The summed E-state index contributed by atoms with van der Waals surface area (Å²) in [7, 11) is 0. The predicted octanol–water partition coefficient (Wildman–Crippen LogP) is 13.9. The molecule has 0 fully saturated rings. The molecule has 0 spiro atoms. The summed E-state index contributed by atoms with van der Waals surface area (Å²) in [6.45, 7) is 23.8. The van der Waals surface area contributed by atoms with Crippen LogP contribution in [0, 0.1) is 0 Å². The van der Waals surface area contributed by atoms with Crippen molar-refractivity contribution in [1.82, 2.24) is 24.5 Å². The van der Waals surface area contributed by atoms with E-state index in [1.807, 2.05) is 103 Å². The molecule has 0 N–H and O–H groups in total. The van der Waals surface area contributed by atoms with Gasteiger partial charge < -0.3 is 4.57 Å². The molecule has 58 heavy (non-hydrogen) atoms. The number of fused-ring (bicyclic) bond motifs is 5. The predicted molar refractivity (Wildman–Crippen MR) is 249 cm³/mol. The quantitative estimate of drug-likeness (QED) is 0.123.